The lowest BCUT2D eigenvalue weighted by Crippen LogP contribution is -2.32. The van der Waals surface area contributed by atoms with Gasteiger partial charge in [-0.25, -0.2) is 0 Å². The Kier molecular flexibility index (Phi) is 6.99. The number of carbonyl (C=O) groups excluding carboxylic acids is 1. The summed E-state index contributed by atoms with van der Waals surface area (Å²) in [5.41, 5.74) is 2.12. The fourth-order valence-corrected chi connectivity index (χ4v) is 4.99. The number of nitrogens with zero attached hydrogens (tertiary/aromatic N) is 3. The van der Waals surface area contributed by atoms with Crippen LogP contribution in [0.4, 0.5) is 0 Å². The van der Waals surface area contributed by atoms with Crippen molar-refractivity contribution in [1.82, 2.24) is 19.4 Å². The average Bonchev–Trinajstić information content (AvgIpc) is 2.92. The summed E-state index contributed by atoms with van der Waals surface area (Å²) >= 11 is 0. The summed E-state index contributed by atoms with van der Waals surface area (Å²) < 4.78 is 3.64. The van der Waals surface area contributed by atoms with Gasteiger partial charge in [-0.1, -0.05) is 44.9 Å². The van der Waals surface area contributed by atoms with Crippen molar-refractivity contribution in [3.8, 4) is 0 Å². The number of aromatic nitrogens is 2. The number of aryl methyl sites for hydroxylation is 1. The van der Waals surface area contributed by atoms with E-state index in [0.29, 0.717) is 30.1 Å². The molecule has 3 aromatic rings. The van der Waals surface area contributed by atoms with Gasteiger partial charge in [0, 0.05) is 42.6 Å². The van der Waals surface area contributed by atoms with E-state index >= 15 is 0 Å². The van der Waals surface area contributed by atoms with Crippen LogP contribution in [0.1, 0.15) is 56.3 Å². The first-order valence-corrected chi connectivity index (χ1v) is 12.1. The molecule has 172 valence electrons. The Morgan fingerprint density at radius 1 is 1.09 bits per heavy atom. The molecule has 1 aliphatic heterocycles. The van der Waals surface area contributed by atoms with Gasteiger partial charge in [-0.3, -0.25) is 9.59 Å². The van der Waals surface area contributed by atoms with Crippen molar-refractivity contribution >= 4 is 27.7 Å². The van der Waals surface area contributed by atoms with Gasteiger partial charge in [0.25, 0.3) is 11.5 Å². The third kappa shape index (κ3) is 4.60. The molecule has 1 aromatic carbocycles. The highest BCUT2D eigenvalue weighted by Crippen LogP contribution is 2.29. The third-order valence-electron chi connectivity index (χ3n) is 6.57. The third-order valence-corrected chi connectivity index (χ3v) is 6.57. The highest BCUT2D eigenvalue weighted by Gasteiger charge is 2.21. The number of rotatable bonds is 7. The molecule has 3 heterocycles. The standard InChI is InChI=1S/C26H36N4O2/c1-19(2)17-30-18-21(25(31)27-13-10-16-29-14-8-4-5-9-15-29)23-20-11-6-7-12-22(20)28(3)24(23)26(30)32/h6-7,11-12,18-19H,4-5,8-10,13-17H2,1-3H3,(H,27,31). The lowest BCUT2D eigenvalue weighted by atomic mass is 10.1. The first-order chi connectivity index (χ1) is 15.5. The van der Waals surface area contributed by atoms with E-state index in [9.17, 15) is 9.59 Å². The lowest BCUT2D eigenvalue weighted by molar-refractivity contribution is 0.0952. The van der Waals surface area contributed by atoms with E-state index in [1.165, 1.54) is 38.8 Å². The van der Waals surface area contributed by atoms with Crippen molar-refractivity contribution in [2.24, 2.45) is 13.0 Å². The maximum atomic E-state index is 13.3. The number of fused-ring (bicyclic) bond motifs is 3. The largest absolute Gasteiger partial charge is 0.352 e. The number of benzene rings is 1. The Hall–Kier alpha value is -2.60. The van der Waals surface area contributed by atoms with Crippen molar-refractivity contribution < 1.29 is 4.79 Å². The second-order valence-corrected chi connectivity index (χ2v) is 9.56. The van der Waals surface area contributed by atoms with Crippen LogP contribution in [0, 0.1) is 5.92 Å². The number of hydrogen-bond donors (Lipinski definition) is 1. The van der Waals surface area contributed by atoms with Crippen LogP contribution < -0.4 is 10.9 Å². The molecular weight excluding hydrogens is 400 g/mol. The van der Waals surface area contributed by atoms with Gasteiger partial charge in [0.1, 0.15) is 5.52 Å². The summed E-state index contributed by atoms with van der Waals surface area (Å²) in [5, 5.41) is 4.84. The van der Waals surface area contributed by atoms with Crippen LogP contribution in [0.5, 0.6) is 0 Å². The van der Waals surface area contributed by atoms with Crippen molar-refractivity contribution in [3.63, 3.8) is 0 Å². The molecule has 0 bridgehead atoms. The maximum absolute atomic E-state index is 13.3. The zero-order valence-electron chi connectivity index (χ0n) is 19.7. The highest BCUT2D eigenvalue weighted by atomic mass is 16.2. The van der Waals surface area contributed by atoms with E-state index in [0.717, 1.165) is 29.3 Å². The average molecular weight is 437 g/mol. The van der Waals surface area contributed by atoms with Crippen LogP contribution in [0.25, 0.3) is 21.8 Å². The minimum Gasteiger partial charge on any atom is -0.352 e. The smallest absolute Gasteiger partial charge is 0.275 e. The molecule has 6 heteroatoms. The summed E-state index contributed by atoms with van der Waals surface area (Å²) in [6.07, 6.45) is 7.93. The molecule has 32 heavy (non-hydrogen) atoms. The van der Waals surface area contributed by atoms with Crippen LogP contribution in [0.15, 0.2) is 35.3 Å². The predicted molar refractivity (Wildman–Crippen MR) is 131 cm³/mol. The summed E-state index contributed by atoms with van der Waals surface area (Å²) in [7, 11) is 1.91. The van der Waals surface area contributed by atoms with Crippen molar-refractivity contribution in [3.05, 3.63) is 46.4 Å². The van der Waals surface area contributed by atoms with E-state index in [1.807, 2.05) is 35.9 Å². The molecule has 1 saturated heterocycles. The molecule has 1 N–H and O–H groups in total. The van der Waals surface area contributed by atoms with Crippen LogP contribution >= 0.6 is 0 Å². The minimum atomic E-state index is -0.0975. The fourth-order valence-electron chi connectivity index (χ4n) is 4.99. The zero-order chi connectivity index (χ0) is 22.7. The second-order valence-electron chi connectivity index (χ2n) is 9.56. The van der Waals surface area contributed by atoms with Crippen molar-refractivity contribution in [1.29, 1.82) is 0 Å². The molecule has 1 amide bonds. The van der Waals surface area contributed by atoms with E-state index in [4.69, 9.17) is 0 Å². The lowest BCUT2D eigenvalue weighted by Gasteiger charge is -2.19. The van der Waals surface area contributed by atoms with E-state index in [1.54, 1.807) is 10.8 Å². The van der Waals surface area contributed by atoms with Gasteiger partial charge in [-0.15, -0.1) is 0 Å². The molecule has 1 fully saturated rings. The normalized spacial score (nSPS) is 15.5. The van der Waals surface area contributed by atoms with Gasteiger partial charge in [0.2, 0.25) is 0 Å². The minimum absolute atomic E-state index is 0.0369. The molecule has 1 aliphatic rings. The summed E-state index contributed by atoms with van der Waals surface area (Å²) in [6.45, 7) is 8.77. The number of likely N-dealkylation sites (tertiary alicyclic amines) is 1. The molecule has 0 unspecified atom stereocenters. The van der Waals surface area contributed by atoms with Gasteiger partial charge >= 0.3 is 0 Å². The molecule has 0 aliphatic carbocycles. The van der Waals surface area contributed by atoms with Gasteiger partial charge in [-0.05, 0) is 50.9 Å². The molecule has 2 aromatic heterocycles. The molecular formula is C26H36N4O2. The van der Waals surface area contributed by atoms with E-state index in [2.05, 4.69) is 24.1 Å². The second kappa shape index (κ2) is 9.90. The maximum Gasteiger partial charge on any atom is 0.275 e. The van der Waals surface area contributed by atoms with E-state index < -0.39 is 0 Å². The van der Waals surface area contributed by atoms with Gasteiger partial charge in [-0.2, -0.15) is 0 Å². The van der Waals surface area contributed by atoms with Crippen molar-refractivity contribution in [2.45, 2.75) is 52.5 Å². The Bertz CT molecular complexity index is 1150. The molecule has 4 rings (SSSR count). The van der Waals surface area contributed by atoms with E-state index in [-0.39, 0.29) is 11.5 Å². The number of pyridine rings is 1. The fraction of sp³-hybridized carbons (Fsp3) is 0.538. The zero-order valence-corrected chi connectivity index (χ0v) is 19.7. The molecule has 0 saturated carbocycles. The van der Waals surface area contributed by atoms with Gasteiger partial charge in [0.15, 0.2) is 0 Å². The number of hydrogen-bond acceptors (Lipinski definition) is 3. The molecule has 0 spiro atoms. The number of amides is 1. The predicted octanol–water partition coefficient (Wildman–Crippen LogP) is 4.15. The summed E-state index contributed by atoms with van der Waals surface area (Å²) in [4.78, 5) is 29.1. The van der Waals surface area contributed by atoms with Crippen LogP contribution in [-0.2, 0) is 13.6 Å². The Morgan fingerprint density at radius 2 is 1.81 bits per heavy atom. The van der Waals surface area contributed by atoms with Gasteiger partial charge < -0.3 is 19.4 Å². The first kappa shape index (κ1) is 22.6. The first-order valence-electron chi connectivity index (χ1n) is 12.1. The summed E-state index contributed by atoms with van der Waals surface area (Å²) in [5.74, 6) is 0.212. The van der Waals surface area contributed by atoms with Crippen molar-refractivity contribution in [2.75, 3.05) is 26.2 Å². The Morgan fingerprint density at radius 3 is 2.53 bits per heavy atom. The number of nitrogens with one attached hydrogen (secondary N) is 1. The molecule has 6 nitrogen and oxygen atoms in total. The number of para-hydroxylation sites is 1. The van der Waals surface area contributed by atoms with Gasteiger partial charge in [0.05, 0.1) is 5.56 Å². The number of carbonyl (C=O) groups is 1. The quantitative estimate of drug-likeness (QED) is 0.566. The monoisotopic (exact) mass is 436 g/mol. The van der Waals surface area contributed by atoms with Crippen LogP contribution in [0.2, 0.25) is 0 Å². The molecule has 0 radical (unpaired) electrons. The SMILES string of the molecule is CC(C)Cn1cc(C(=O)NCCCN2CCCCCC2)c2c3ccccc3n(C)c2c1=O. The van der Waals surface area contributed by atoms with Crippen LogP contribution in [0.3, 0.4) is 0 Å². The highest BCUT2D eigenvalue weighted by molar-refractivity contribution is 6.17. The summed E-state index contributed by atoms with van der Waals surface area (Å²) in [6, 6.07) is 7.94. The Balaban J connectivity index is 1.61. The van der Waals surface area contributed by atoms with Crippen LogP contribution in [-0.4, -0.2) is 46.1 Å². The topological polar surface area (TPSA) is 59.3 Å². The molecule has 0 atom stereocenters. The Labute approximate surface area is 190 Å².